The predicted octanol–water partition coefficient (Wildman–Crippen LogP) is 5.48. The maximum atomic E-state index is 14.4. The van der Waals surface area contributed by atoms with Crippen molar-refractivity contribution in [1.29, 1.82) is 0 Å². The van der Waals surface area contributed by atoms with Crippen molar-refractivity contribution in [2.24, 2.45) is 0 Å². The van der Waals surface area contributed by atoms with Crippen LogP contribution in [0.1, 0.15) is 51.5 Å². The standard InChI is InChI=1S/C36H50N4O6S2/c1-35(2,3)46-34(43)37-36(4,5)20-12-17-32(41)40(8)31(23-26-18-19-27-14-10-11-15-28(27)22-26)33(42)39(7)29(24-30-16-13-21-47-30)25-38(6)48(9,44)45/h10-19,21-22,29,31H,20,23-25H2,1-9H3,(H,37,43)/b17-12+. The molecule has 2 atom stereocenters. The number of likely N-dealkylation sites (N-methyl/N-ethyl adjacent to an activating group) is 3. The minimum atomic E-state index is -3.50. The smallest absolute Gasteiger partial charge is 0.408 e. The summed E-state index contributed by atoms with van der Waals surface area (Å²) in [4.78, 5) is 44.4. The van der Waals surface area contributed by atoms with Gasteiger partial charge in [0.25, 0.3) is 0 Å². The van der Waals surface area contributed by atoms with E-state index in [1.807, 2.05) is 73.8 Å². The number of amides is 3. The summed E-state index contributed by atoms with van der Waals surface area (Å²) in [6.45, 7) is 9.12. The molecule has 0 saturated heterocycles. The molecule has 0 radical (unpaired) electrons. The number of carbonyl (C=O) groups excluding carboxylic acids is 3. The average Bonchev–Trinajstić information content (AvgIpc) is 3.49. The molecule has 1 heterocycles. The van der Waals surface area contributed by atoms with E-state index in [-0.39, 0.29) is 24.8 Å². The summed E-state index contributed by atoms with van der Waals surface area (Å²) in [5.74, 6) is -0.679. The molecule has 3 rings (SSSR count). The van der Waals surface area contributed by atoms with Gasteiger partial charge in [-0.15, -0.1) is 11.3 Å². The monoisotopic (exact) mass is 698 g/mol. The highest BCUT2D eigenvalue weighted by atomic mass is 32.2. The van der Waals surface area contributed by atoms with Crippen LogP contribution in [0.4, 0.5) is 4.79 Å². The fourth-order valence-electron chi connectivity index (χ4n) is 5.17. The first-order valence-corrected chi connectivity index (χ1v) is 18.6. The van der Waals surface area contributed by atoms with Crippen molar-refractivity contribution < 1.29 is 27.5 Å². The largest absolute Gasteiger partial charge is 0.444 e. The number of nitrogens with zero attached hydrogens (tertiary/aromatic N) is 3. The minimum Gasteiger partial charge on any atom is -0.444 e. The maximum absolute atomic E-state index is 14.4. The van der Waals surface area contributed by atoms with E-state index in [2.05, 4.69) is 5.32 Å². The van der Waals surface area contributed by atoms with Crippen molar-refractivity contribution in [1.82, 2.24) is 19.4 Å². The number of fused-ring (bicyclic) bond motifs is 1. The Morgan fingerprint density at radius 1 is 0.917 bits per heavy atom. The lowest BCUT2D eigenvalue weighted by Crippen LogP contribution is -2.54. The van der Waals surface area contributed by atoms with Crippen LogP contribution in [-0.4, -0.2) is 97.6 Å². The molecule has 262 valence electrons. The third-order valence-electron chi connectivity index (χ3n) is 8.02. The van der Waals surface area contributed by atoms with Gasteiger partial charge in [-0.1, -0.05) is 54.6 Å². The molecular weight excluding hydrogens is 649 g/mol. The van der Waals surface area contributed by atoms with Crippen LogP contribution in [0, 0.1) is 0 Å². The number of alkyl carbamates (subject to hydrolysis) is 1. The van der Waals surface area contributed by atoms with Gasteiger partial charge in [0.15, 0.2) is 0 Å². The van der Waals surface area contributed by atoms with Gasteiger partial charge in [-0.3, -0.25) is 9.59 Å². The van der Waals surface area contributed by atoms with E-state index in [0.29, 0.717) is 12.8 Å². The molecule has 3 aromatic rings. The van der Waals surface area contributed by atoms with Gasteiger partial charge in [0.2, 0.25) is 21.8 Å². The molecule has 0 saturated carbocycles. The van der Waals surface area contributed by atoms with E-state index in [1.54, 1.807) is 57.2 Å². The lowest BCUT2D eigenvalue weighted by atomic mass is 9.99. The summed E-state index contributed by atoms with van der Waals surface area (Å²) in [7, 11) is 1.27. The second-order valence-corrected chi connectivity index (χ2v) is 17.0. The number of benzene rings is 2. The Bertz CT molecular complexity index is 1700. The minimum absolute atomic E-state index is 0.0962. The Hall–Kier alpha value is -3.74. The highest BCUT2D eigenvalue weighted by Crippen LogP contribution is 2.22. The summed E-state index contributed by atoms with van der Waals surface area (Å²) >= 11 is 1.54. The lowest BCUT2D eigenvalue weighted by molar-refractivity contribution is -0.143. The first-order valence-electron chi connectivity index (χ1n) is 15.9. The topological polar surface area (TPSA) is 116 Å². The summed E-state index contributed by atoms with van der Waals surface area (Å²) in [6.07, 6.45) is 4.74. The zero-order chi connectivity index (χ0) is 35.9. The first kappa shape index (κ1) is 38.7. The fraction of sp³-hybridized carbons (Fsp3) is 0.472. The number of thiophene rings is 1. The number of sulfonamides is 1. The Morgan fingerprint density at radius 3 is 2.19 bits per heavy atom. The molecule has 3 amide bonds. The average molecular weight is 699 g/mol. The van der Waals surface area contributed by atoms with Crippen LogP contribution in [0.15, 0.2) is 72.1 Å². The molecule has 0 aliphatic rings. The van der Waals surface area contributed by atoms with Gasteiger partial charge in [0, 0.05) is 50.9 Å². The third kappa shape index (κ3) is 11.7. The molecular formula is C36H50N4O6S2. The fourth-order valence-corrected chi connectivity index (χ4v) is 6.39. The molecule has 0 aliphatic heterocycles. The van der Waals surface area contributed by atoms with Crippen LogP contribution in [-0.2, 0) is 37.2 Å². The molecule has 0 fully saturated rings. The van der Waals surface area contributed by atoms with E-state index < -0.39 is 39.3 Å². The Balaban J connectivity index is 1.89. The van der Waals surface area contributed by atoms with Crippen molar-refractivity contribution in [3.8, 4) is 0 Å². The SMILES string of the molecule is CN(C(=O)C(Cc1ccc2ccccc2c1)N(C)C(=O)/C=C/CC(C)(C)NC(=O)OC(C)(C)C)C(Cc1cccs1)CN(C)S(C)(=O)=O. The second-order valence-electron chi connectivity index (χ2n) is 13.9. The van der Waals surface area contributed by atoms with Crippen molar-refractivity contribution in [3.05, 3.63) is 82.6 Å². The Kier molecular flexibility index (Phi) is 13.0. The Morgan fingerprint density at radius 2 is 1.58 bits per heavy atom. The molecule has 1 N–H and O–H groups in total. The van der Waals surface area contributed by atoms with Crippen molar-refractivity contribution in [2.45, 2.75) is 77.1 Å². The van der Waals surface area contributed by atoms with E-state index in [9.17, 15) is 22.8 Å². The predicted molar refractivity (Wildman–Crippen MR) is 193 cm³/mol. The molecule has 48 heavy (non-hydrogen) atoms. The molecule has 2 aromatic carbocycles. The summed E-state index contributed by atoms with van der Waals surface area (Å²) < 4.78 is 31.4. The number of hydrogen-bond acceptors (Lipinski definition) is 7. The second kappa shape index (κ2) is 16.1. The van der Waals surface area contributed by atoms with E-state index in [4.69, 9.17) is 4.74 Å². The molecule has 2 unspecified atom stereocenters. The highest BCUT2D eigenvalue weighted by molar-refractivity contribution is 7.88. The molecule has 10 nitrogen and oxygen atoms in total. The van der Waals surface area contributed by atoms with Crippen LogP contribution in [0.2, 0.25) is 0 Å². The summed E-state index contributed by atoms with van der Waals surface area (Å²) in [5, 5.41) is 6.86. The number of rotatable bonds is 14. The highest BCUT2D eigenvalue weighted by Gasteiger charge is 2.33. The van der Waals surface area contributed by atoms with Crippen molar-refractivity contribution in [3.63, 3.8) is 0 Å². The first-order chi connectivity index (χ1) is 22.3. The van der Waals surface area contributed by atoms with Gasteiger partial charge in [-0.2, -0.15) is 0 Å². The van der Waals surface area contributed by atoms with E-state index in [0.717, 1.165) is 27.5 Å². The summed E-state index contributed by atoms with van der Waals surface area (Å²) in [5.41, 5.74) is -0.453. The molecule has 0 spiro atoms. The number of ether oxygens (including phenoxy) is 1. The molecule has 0 bridgehead atoms. The number of carbonyl (C=O) groups is 3. The van der Waals surface area contributed by atoms with Crippen molar-refractivity contribution >= 4 is 50.0 Å². The van der Waals surface area contributed by atoms with Gasteiger partial charge in [-0.25, -0.2) is 17.5 Å². The summed E-state index contributed by atoms with van der Waals surface area (Å²) in [6, 6.07) is 16.4. The molecule has 0 aliphatic carbocycles. The van der Waals surface area contributed by atoms with Crippen LogP contribution >= 0.6 is 11.3 Å². The Labute approximate surface area is 289 Å². The van der Waals surface area contributed by atoms with Crippen LogP contribution in [0.25, 0.3) is 10.8 Å². The lowest BCUT2D eigenvalue weighted by Gasteiger charge is -2.36. The van der Waals surface area contributed by atoms with Crippen LogP contribution in [0.5, 0.6) is 0 Å². The van der Waals surface area contributed by atoms with E-state index in [1.165, 1.54) is 22.3 Å². The quantitative estimate of drug-likeness (QED) is 0.223. The van der Waals surface area contributed by atoms with Gasteiger partial charge < -0.3 is 19.9 Å². The normalized spacial score (nSPS) is 13.8. The molecule has 1 aromatic heterocycles. The van der Waals surface area contributed by atoms with Gasteiger partial charge in [0.05, 0.1) is 12.3 Å². The third-order valence-corrected chi connectivity index (χ3v) is 10.2. The number of hydrogen-bond donors (Lipinski definition) is 1. The zero-order valence-corrected chi connectivity index (χ0v) is 31.2. The van der Waals surface area contributed by atoms with Gasteiger partial charge >= 0.3 is 6.09 Å². The van der Waals surface area contributed by atoms with Crippen LogP contribution < -0.4 is 5.32 Å². The van der Waals surface area contributed by atoms with Crippen LogP contribution in [0.3, 0.4) is 0 Å². The molecule has 12 heteroatoms. The number of nitrogens with one attached hydrogen (secondary N) is 1. The zero-order valence-electron chi connectivity index (χ0n) is 29.5. The van der Waals surface area contributed by atoms with E-state index >= 15 is 0 Å². The van der Waals surface area contributed by atoms with Gasteiger partial charge in [0.1, 0.15) is 11.6 Å². The maximum Gasteiger partial charge on any atom is 0.408 e. The van der Waals surface area contributed by atoms with Crippen molar-refractivity contribution in [2.75, 3.05) is 33.9 Å². The van der Waals surface area contributed by atoms with Gasteiger partial charge in [-0.05, 0) is 74.9 Å².